The molecule has 0 aliphatic carbocycles. The van der Waals surface area contributed by atoms with Crippen LogP contribution in [0.3, 0.4) is 0 Å². The number of nitrogens with zero attached hydrogens (tertiary/aromatic N) is 2. The number of ether oxygens (including phenoxy) is 2. The van der Waals surface area contributed by atoms with Gasteiger partial charge >= 0.3 is 0 Å². The molecule has 0 unspecified atom stereocenters. The molecule has 2 amide bonds. The van der Waals surface area contributed by atoms with Crippen molar-refractivity contribution in [2.45, 2.75) is 11.8 Å². The summed E-state index contributed by atoms with van der Waals surface area (Å²) in [7, 11) is -4.14. The van der Waals surface area contributed by atoms with Gasteiger partial charge in [0.05, 0.1) is 41.7 Å². The van der Waals surface area contributed by atoms with Gasteiger partial charge in [0.25, 0.3) is 15.9 Å². The number of amides is 2. The van der Waals surface area contributed by atoms with E-state index in [-0.39, 0.29) is 16.5 Å². The number of hydrogen-bond acceptors (Lipinski definition) is 6. The molecule has 200 valence electrons. The van der Waals surface area contributed by atoms with Gasteiger partial charge in [-0.2, -0.15) is 0 Å². The number of halogens is 1. The molecule has 1 N–H and O–H groups in total. The van der Waals surface area contributed by atoms with Crippen LogP contribution in [-0.2, 0) is 19.6 Å². The normalized spacial score (nSPS) is 13.6. The maximum absolute atomic E-state index is 13.6. The highest BCUT2D eigenvalue weighted by Gasteiger charge is 2.28. The molecule has 0 aromatic heterocycles. The van der Waals surface area contributed by atoms with E-state index in [1.54, 1.807) is 53.4 Å². The van der Waals surface area contributed by atoms with Gasteiger partial charge in [0.15, 0.2) is 0 Å². The highest BCUT2D eigenvalue weighted by atomic mass is 35.5. The fraction of sp³-hybridized carbons (Fsp3) is 0.259. The van der Waals surface area contributed by atoms with E-state index in [4.69, 9.17) is 21.1 Å². The summed E-state index contributed by atoms with van der Waals surface area (Å²) in [6, 6.07) is 18.8. The Labute approximate surface area is 227 Å². The maximum Gasteiger partial charge on any atom is 0.264 e. The lowest BCUT2D eigenvalue weighted by Gasteiger charge is -2.28. The fourth-order valence-electron chi connectivity index (χ4n) is 3.96. The van der Waals surface area contributed by atoms with E-state index in [0.717, 1.165) is 4.31 Å². The lowest BCUT2D eigenvalue weighted by atomic mass is 10.1. The summed E-state index contributed by atoms with van der Waals surface area (Å²) in [6.07, 6.45) is 0. The smallest absolute Gasteiger partial charge is 0.264 e. The summed E-state index contributed by atoms with van der Waals surface area (Å²) in [6.45, 7) is 3.56. The molecule has 1 aliphatic heterocycles. The Morgan fingerprint density at radius 1 is 1.00 bits per heavy atom. The Morgan fingerprint density at radius 2 is 1.66 bits per heavy atom. The quantitative estimate of drug-likeness (QED) is 0.426. The Morgan fingerprint density at radius 3 is 2.32 bits per heavy atom. The lowest BCUT2D eigenvalue weighted by molar-refractivity contribution is -0.114. The van der Waals surface area contributed by atoms with Crippen molar-refractivity contribution in [3.05, 3.63) is 83.4 Å². The lowest BCUT2D eigenvalue weighted by Crippen LogP contribution is -2.41. The Kier molecular flexibility index (Phi) is 8.88. The number of sulfonamides is 1. The SMILES string of the molecule is CCOc1ccc(N(CC(=O)Nc2ccccc2C(=O)N2CCOCC2)S(=O)(=O)c2ccc(Cl)cc2)cc1. The maximum atomic E-state index is 13.6. The Balaban J connectivity index is 1.61. The molecule has 0 atom stereocenters. The van der Waals surface area contributed by atoms with Crippen LogP contribution >= 0.6 is 11.6 Å². The average Bonchev–Trinajstić information content (AvgIpc) is 2.93. The van der Waals surface area contributed by atoms with Crippen LogP contribution in [0.25, 0.3) is 0 Å². The molecule has 0 spiro atoms. The number of rotatable bonds is 9. The number of carbonyl (C=O) groups is 2. The van der Waals surface area contributed by atoms with E-state index < -0.39 is 22.5 Å². The number of benzene rings is 3. The third kappa shape index (κ3) is 6.45. The molecule has 1 heterocycles. The highest BCUT2D eigenvalue weighted by Crippen LogP contribution is 2.27. The predicted molar refractivity (Wildman–Crippen MR) is 145 cm³/mol. The van der Waals surface area contributed by atoms with E-state index in [2.05, 4.69) is 5.32 Å². The molecule has 1 aliphatic rings. The number of hydrogen-bond donors (Lipinski definition) is 1. The van der Waals surface area contributed by atoms with Gasteiger partial charge in [-0.15, -0.1) is 0 Å². The molecule has 38 heavy (non-hydrogen) atoms. The molecule has 3 aromatic rings. The predicted octanol–water partition coefficient (Wildman–Crippen LogP) is 4.05. The minimum Gasteiger partial charge on any atom is -0.494 e. The van der Waals surface area contributed by atoms with Gasteiger partial charge in [-0.1, -0.05) is 23.7 Å². The second-order valence-electron chi connectivity index (χ2n) is 8.39. The number of morpholine rings is 1. The third-order valence-electron chi connectivity index (χ3n) is 5.85. The Bertz CT molecular complexity index is 1370. The summed E-state index contributed by atoms with van der Waals surface area (Å²) >= 11 is 5.95. The molecule has 0 bridgehead atoms. The van der Waals surface area contributed by atoms with Crippen molar-refractivity contribution >= 4 is 44.8 Å². The van der Waals surface area contributed by atoms with E-state index in [1.807, 2.05) is 6.92 Å². The summed E-state index contributed by atoms with van der Waals surface area (Å²) in [4.78, 5) is 28.0. The zero-order chi connectivity index (χ0) is 27.1. The molecule has 4 rings (SSSR count). The number of anilines is 2. The van der Waals surface area contributed by atoms with Crippen LogP contribution in [-0.4, -0.2) is 64.6 Å². The zero-order valence-corrected chi connectivity index (χ0v) is 22.4. The Hall–Kier alpha value is -3.60. The van der Waals surface area contributed by atoms with Gasteiger partial charge in [-0.3, -0.25) is 13.9 Å². The number of para-hydroxylation sites is 1. The fourth-order valence-corrected chi connectivity index (χ4v) is 5.51. The van der Waals surface area contributed by atoms with Gasteiger partial charge in [0.2, 0.25) is 5.91 Å². The van der Waals surface area contributed by atoms with Gasteiger partial charge in [-0.25, -0.2) is 8.42 Å². The van der Waals surface area contributed by atoms with Crippen molar-refractivity contribution in [3.8, 4) is 5.75 Å². The van der Waals surface area contributed by atoms with E-state index in [0.29, 0.717) is 54.9 Å². The molecule has 11 heteroatoms. The van der Waals surface area contributed by atoms with Crippen molar-refractivity contribution in [2.24, 2.45) is 0 Å². The van der Waals surface area contributed by atoms with Crippen LogP contribution in [0.15, 0.2) is 77.7 Å². The van der Waals surface area contributed by atoms with E-state index in [9.17, 15) is 18.0 Å². The van der Waals surface area contributed by atoms with Crippen LogP contribution in [0.4, 0.5) is 11.4 Å². The van der Waals surface area contributed by atoms with Crippen LogP contribution in [0, 0.1) is 0 Å². The molecular formula is C27H28ClN3O6S. The largest absolute Gasteiger partial charge is 0.494 e. The monoisotopic (exact) mass is 557 g/mol. The van der Waals surface area contributed by atoms with E-state index in [1.165, 1.54) is 24.3 Å². The van der Waals surface area contributed by atoms with Gasteiger partial charge in [-0.05, 0) is 67.6 Å². The molecule has 1 saturated heterocycles. The molecule has 9 nitrogen and oxygen atoms in total. The minimum atomic E-state index is -4.14. The number of nitrogens with one attached hydrogen (secondary N) is 1. The highest BCUT2D eigenvalue weighted by molar-refractivity contribution is 7.92. The summed E-state index contributed by atoms with van der Waals surface area (Å²) < 4.78 is 39.0. The van der Waals surface area contributed by atoms with Crippen molar-refractivity contribution in [1.82, 2.24) is 4.90 Å². The number of carbonyl (C=O) groups excluding carboxylic acids is 2. The van der Waals surface area contributed by atoms with Crippen molar-refractivity contribution in [2.75, 3.05) is 49.1 Å². The van der Waals surface area contributed by atoms with Crippen molar-refractivity contribution in [1.29, 1.82) is 0 Å². The summed E-state index contributed by atoms with van der Waals surface area (Å²) in [5.41, 5.74) is 0.886. The molecule has 1 fully saturated rings. The topological polar surface area (TPSA) is 105 Å². The minimum absolute atomic E-state index is 0.0218. The van der Waals surface area contributed by atoms with E-state index >= 15 is 0 Å². The van der Waals surface area contributed by atoms with Crippen LogP contribution in [0.1, 0.15) is 17.3 Å². The first kappa shape index (κ1) is 27.4. The van der Waals surface area contributed by atoms with Gasteiger partial charge in [0.1, 0.15) is 12.3 Å². The summed E-state index contributed by atoms with van der Waals surface area (Å²) in [5.74, 6) is -0.278. The summed E-state index contributed by atoms with van der Waals surface area (Å²) in [5, 5.41) is 3.11. The first-order chi connectivity index (χ1) is 18.3. The molecule has 0 radical (unpaired) electrons. The van der Waals surface area contributed by atoms with Crippen LogP contribution < -0.4 is 14.4 Å². The second kappa shape index (κ2) is 12.3. The zero-order valence-electron chi connectivity index (χ0n) is 20.8. The molecular weight excluding hydrogens is 530 g/mol. The molecule has 3 aromatic carbocycles. The standard InChI is InChI=1S/C27H28ClN3O6S/c1-2-37-22-11-9-21(10-12-22)31(38(34,35)23-13-7-20(28)8-14-23)19-26(32)29-25-6-4-3-5-24(25)27(33)30-15-17-36-18-16-30/h3-14H,2,15-19H2,1H3,(H,29,32). The van der Waals surface area contributed by atoms with Gasteiger partial charge < -0.3 is 19.7 Å². The first-order valence-electron chi connectivity index (χ1n) is 12.1. The first-order valence-corrected chi connectivity index (χ1v) is 13.9. The van der Waals surface area contributed by atoms with Gasteiger partial charge in [0, 0.05) is 18.1 Å². The van der Waals surface area contributed by atoms with Crippen molar-refractivity contribution < 1.29 is 27.5 Å². The van der Waals surface area contributed by atoms with Crippen molar-refractivity contribution in [3.63, 3.8) is 0 Å². The third-order valence-corrected chi connectivity index (χ3v) is 7.89. The second-order valence-corrected chi connectivity index (χ2v) is 10.7. The van der Waals surface area contributed by atoms with Crippen LogP contribution in [0.5, 0.6) is 5.75 Å². The average molecular weight is 558 g/mol. The molecule has 0 saturated carbocycles. The van der Waals surface area contributed by atoms with Crippen LogP contribution in [0.2, 0.25) is 5.02 Å².